The average molecular weight is 308 g/mol. The van der Waals surface area contributed by atoms with Gasteiger partial charge in [0.2, 0.25) is 0 Å². The van der Waals surface area contributed by atoms with E-state index in [1.165, 1.54) is 12.1 Å². The normalized spacial score (nSPS) is 18.4. The molecule has 0 bridgehead atoms. The van der Waals surface area contributed by atoms with Gasteiger partial charge in [-0.05, 0) is 50.3 Å². The lowest BCUT2D eigenvalue weighted by Gasteiger charge is -2.29. The van der Waals surface area contributed by atoms with E-state index in [0.717, 1.165) is 24.8 Å². The summed E-state index contributed by atoms with van der Waals surface area (Å²) in [5.41, 5.74) is 0.624. The van der Waals surface area contributed by atoms with Crippen molar-refractivity contribution >= 4 is 6.03 Å². The lowest BCUT2D eigenvalue weighted by Crippen LogP contribution is -2.51. The van der Waals surface area contributed by atoms with Gasteiger partial charge in [-0.3, -0.25) is 0 Å². The second kappa shape index (κ2) is 6.65. The van der Waals surface area contributed by atoms with E-state index in [1.54, 1.807) is 12.1 Å². The van der Waals surface area contributed by atoms with Crippen LogP contribution in [0.15, 0.2) is 24.3 Å². The van der Waals surface area contributed by atoms with E-state index in [9.17, 15) is 9.18 Å². The van der Waals surface area contributed by atoms with Crippen molar-refractivity contribution in [2.45, 2.75) is 50.5 Å². The van der Waals surface area contributed by atoms with Crippen LogP contribution in [0, 0.1) is 5.82 Å². The van der Waals surface area contributed by atoms with E-state index in [1.807, 2.05) is 13.8 Å². The number of hydrogen-bond donors (Lipinski definition) is 3. The van der Waals surface area contributed by atoms with E-state index < -0.39 is 5.54 Å². The molecule has 1 atom stereocenters. The van der Waals surface area contributed by atoms with Gasteiger partial charge in [0, 0.05) is 24.1 Å². The maximum absolute atomic E-state index is 13.0. The fourth-order valence-electron chi connectivity index (χ4n) is 2.66. The van der Waals surface area contributed by atoms with Crippen molar-refractivity contribution in [3.8, 4) is 0 Å². The summed E-state index contributed by atoms with van der Waals surface area (Å²) in [6, 6.07) is 6.30. The molecule has 0 saturated heterocycles. The number of aliphatic hydroxyl groups excluding tert-OH is 1. The van der Waals surface area contributed by atoms with Gasteiger partial charge in [-0.15, -0.1) is 0 Å². The SMILES string of the molecule is CCC(C)(CCO)NC(=O)NCC1(c2ccc(F)cc2)CC1. The molecule has 122 valence electrons. The molecule has 0 radical (unpaired) electrons. The molecule has 1 aromatic rings. The zero-order chi connectivity index (χ0) is 16.2. The van der Waals surface area contributed by atoms with Crippen LogP contribution in [-0.2, 0) is 5.41 Å². The molecule has 5 heteroatoms. The van der Waals surface area contributed by atoms with E-state index >= 15 is 0 Å². The molecule has 0 heterocycles. The third kappa shape index (κ3) is 3.97. The minimum Gasteiger partial charge on any atom is -0.396 e. The molecule has 0 spiro atoms. The van der Waals surface area contributed by atoms with Gasteiger partial charge in [-0.25, -0.2) is 9.18 Å². The molecule has 0 aromatic heterocycles. The molecule has 1 aliphatic carbocycles. The lowest BCUT2D eigenvalue weighted by atomic mass is 9.95. The van der Waals surface area contributed by atoms with Crippen LogP contribution < -0.4 is 10.6 Å². The van der Waals surface area contributed by atoms with Crippen molar-refractivity contribution in [2.75, 3.05) is 13.2 Å². The molecule has 1 fully saturated rings. The molecule has 1 saturated carbocycles. The van der Waals surface area contributed by atoms with Crippen molar-refractivity contribution in [2.24, 2.45) is 0 Å². The first kappa shape index (κ1) is 16.7. The summed E-state index contributed by atoms with van der Waals surface area (Å²) in [7, 11) is 0. The quantitative estimate of drug-likeness (QED) is 0.725. The molecule has 2 rings (SSSR count). The molecule has 22 heavy (non-hydrogen) atoms. The van der Waals surface area contributed by atoms with Crippen LogP contribution in [0.2, 0.25) is 0 Å². The van der Waals surface area contributed by atoms with Gasteiger partial charge < -0.3 is 15.7 Å². The van der Waals surface area contributed by atoms with Crippen molar-refractivity contribution < 1.29 is 14.3 Å². The van der Waals surface area contributed by atoms with Gasteiger partial charge in [-0.2, -0.15) is 0 Å². The van der Waals surface area contributed by atoms with Crippen LogP contribution in [0.1, 0.15) is 45.1 Å². The van der Waals surface area contributed by atoms with Crippen LogP contribution in [0.3, 0.4) is 0 Å². The zero-order valence-corrected chi connectivity index (χ0v) is 13.3. The standard InChI is InChI=1S/C17H25FN2O2/c1-3-16(2,10-11-21)20-15(22)19-12-17(8-9-17)13-4-6-14(18)7-5-13/h4-7,21H,3,8-12H2,1-2H3,(H2,19,20,22). The Bertz CT molecular complexity index is 514. The Morgan fingerprint density at radius 3 is 2.50 bits per heavy atom. The predicted molar refractivity (Wildman–Crippen MR) is 84.2 cm³/mol. The molecule has 0 aliphatic heterocycles. The highest BCUT2D eigenvalue weighted by Crippen LogP contribution is 2.47. The number of carbonyl (C=O) groups is 1. The second-order valence-corrected chi connectivity index (χ2v) is 6.48. The summed E-state index contributed by atoms with van der Waals surface area (Å²) in [5, 5.41) is 14.9. The number of carbonyl (C=O) groups excluding carboxylic acids is 1. The number of aliphatic hydroxyl groups is 1. The molecule has 3 N–H and O–H groups in total. The van der Waals surface area contributed by atoms with Crippen molar-refractivity contribution in [1.29, 1.82) is 0 Å². The Balaban J connectivity index is 1.89. The summed E-state index contributed by atoms with van der Waals surface area (Å²) in [6.07, 6.45) is 3.28. The Kier molecular flexibility index (Phi) is 5.06. The number of halogens is 1. The smallest absolute Gasteiger partial charge is 0.315 e. The van der Waals surface area contributed by atoms with E-state index in [-0.39, 0.29) is 23.9 Å². The number of urea groups is 1. The maximum atomic E-state index is 13.0. The highest BCUT2D eigenvalue weighted by molar-refractivity contribution is 5.75. The minimum absolute atomic E-state index is 0.0458. The third-order valence-corrected chi connectivity index (χ3v) is 4.76. The van der Waals surface area contributed by atoms with Crippen LogP contribution in [-0.4, -0.2) is 29.8 Å². The van der Waals surface area contributed by atoms with E-state index in [0.29, 0.717) is 13.0 Å². The number of rotatable bonds is 7. The van der Waals surface area contributed by atoms with Gasteiger partial charge >= 0.3 is 6.03 Å². The van der Waals surface area contributed by atoms with Gasteiger partial charge in [0.1, 0.15) is 5.82 Å². The molecule has 1 unspecified atom stereocenters. The van der Waals surface area contributed by atoms with E-state index in [2.05, 4.69) is 10.6 Å². The van der Waals surface area contributed by atoms with E-state index in [4.69, 9.17) is 5.11 Å². The van der Waals surface area contributed by atoms with Crippen LogP contribution in [0.5, 0.6) is 0 Å². The Labute approximate surface area is 131 Å². The molecule has 4 nitrogen and oxygen atoms in total. The first-order chi connectivity index (χ1) is 10.4. The van der Waals surface area contributed by atoms with Crippen LogP contribution in [0.4, 0.5) is 9.18 Å². The van der Waals surface area contributed by atoms with Gasteiger partial charge in [-0.1, -0.05) is 19.1 Å². The first-order valence-corrected chi connectivity index (χ1v) is 7.86. The van der Waals surface area contributed by atoms with Crippen LogP contribution in [0.25, 0.3) is 0 Å². The second-order valence-electron chi connectivity index (χ2n) is 6.48. The molecular weight excluding hydrogens is 283 g/mol. The van der Waals surface area contributed by atoms with Crippen molar-refractivity contribution in [3.63, 3.8) is 0 Å². The Morgan fingerprint density at radius 2 is 2.00 bits per heavy atom. The number of amides is 2. The van der Waals surface area contributed by atoms with Gasteiger partial charge in [0.25, 0.3) is 0 Å². The number of nitrogens with one attached hydrogen (secondary N) is 2. The summed E-state index contributed by atoms with van der Waals surface area (Å²) >= 11 is 0. The van der Waals surface area contributed by atoms with Gasteiger partial charge in [0.15, 0.2) is 0 Å². The molecule has 2 amide bonds. The molecule has 1 aromatic carbocycles. The summed E-state index contributed by atoms with van der Waals surface area (Å²) in [4.78, 5) is 12.1. The van der Waals surface area contributed by atoms with Crippen molar-refractivity contribution in [1.82, 2.24) is 10.6 Å². The minimum atomic E-state index is -0.397. The topological polar surface area (TPSA) is 61.4 Å². The highest BCUT2D eigenvalue weighted by atomic mass is 19.1. The monoisotopic (exact) mass is 308 g/mol. The number of benzene rings is 1. The largest absolute Gasteiger partial charge is 0.396 e. The Hall–Kier alpha value is -1.62. The predicted octanol–water partition coefficient (Wildman–Crippen LogP) is 2.71. The average Bonchev–Trinajstić information content (AvgIpc) is 3.27. The Morgan fingerprint density at radius 1 is 1.36 bits per heavy atom. The number of hydrogen-bond acceptors (Lipinski definition) is 2. The third-order valence-electron chi connectivity index (χ3n) is 4.76. The lowest BCUT2D eigenvalue weighted by molar-refractivity contribution is 0.200. The molecule has 1 aliphatic rings. The zero-order valence-electron chi connectivity index (χ0n) is 13.3. The highest BCUT2D eigenvalue weighted by Gasteiger charge is 2.44. The fourth-order valence-corrected chi connectivity index (χ4v) is 2.66. The van der Waals surface area contributed by atoms with Crippen molar-refractivity contribution in [3.05, 3.63) is 35.6 Å². The summed E-state index contributed by atoms with van der Waals surface area (Å²) in [5.74, 6) is -0.243. The van der Waals surface area contributed by atoms with Gasteiger partial charge in [0.05, 0.1) is 0 Å². The summed E-state index contributed by atoms with van der Waals surface area (Å²) < 4.78 is 13.0. The summed E-state index contributed by atoms with van der Waals surface area (Å²) in [6.45, 7) is 4.50. The fraction of sp³-hybridized carbons (Fsp3) is 0.588. The maximum Gasteiger partial charge on any atom is 0.315 e. The molecular formula is C17H25FN2O2. The van der Waals surface area contributed by atoms with Crippen LogP contribution >= 0.6 is 0 Å². The first-order valence-electron chi connectivity index (χ1n) is 7.86.